The van der Waals surface area contributed by atoms with Gasteiger partial charge in [0.15, 0.2) is 12.4 Å². The first-order chi connectivity index (χ1) is 37.7. The molecule has 0 aromatic heterocycles. The second-order valence-electron chi connectivity index (χ2n) is 23.2. The summed E-state index contributed by atoms with van der Waals surface area (Å²) in [7, 11) is 0. The molecule has 454 valence electrons. The Labute approximate surface area is 473 Å². The molecule has 8 atom stereocenters. The molecule has 0 radical (unpaired) electrons. The summed E-state index contributed by atoms with van der Waals surface area (Å²) < 4.78 is 17.6. The molecule has 6 N–H and O–H groups in total. The average molecular weight is 1090 g/mol. The molecule has 0 saturated carbocycles. The van der Waals surface area contributed by atoms with Gasteiger partial charge < -0.3 is 45.1 Å². The van der Waals surface area contributed by atoms with Gasteiger partial charge in [0.25, 0.3) is 0 Å². The number of hydrogen-bond donors (Lipinski definition) is 6. The minimum atomic E-state index is -1.61. The van der Waals surface area contributed by atoms with Crippen LogP contribution in [0.25, 0.3) is 0 Å². The normalized spacial score (nSPS) is 19.1. The molecule has 1 aliphatic rings. The van der Waals surface area contributed by atoms with Gasteiger partial charge in [-0.3, -0.25) is 9.59 Å². The van der Waals surface area contributed by atoms with Crippen LogP contribution in [0.15, 0.2) is 24.3 Å². The van der Waals surface area contributed by atoms with Gasteiger partial charge in [-0.2, -0.15) is 0 Å². The lowest BCUT2D eigenvalue weighted by Gasteiger charge is -2.41. The third kappa shape index (κ3) is 42.6. The monoisotopic (exact) mass is 1090 g/mol. The van der Waals surface area contributed by atoms with E-state index >= 15 is 0 Å². The van der Waals surface area contributed by atoms with E-state index in [2.05, 4.69) is 38.2 Å². The van der Waals surface area contributed by atoms with Gasteiger partial charge in [-0.25, -0.2) is 0 Å². The molecule has 0 spiro atoms. The Morgan fingerprint density at radius 3 is 1.26 bits per heavy atom. The van der Waals surface area contributed by atoms with Crippen molar-refractivity contribution in [1.82, 2.24) is 5.32 Å². The Hall–Kier alpha value is -1.86. The predicted molar refractivity (Wildman–Crippen MR) is 320 cm³/mol. The Kier molecular flexibility index (Phi) is 52.0. The van der Waals surface area contributed by atoms with E-state index in [1.165, 1.54) is 218 Å². The van der Waals surface area contributed by atoms with E-state index in [0.717, 1.165) is 57.8 Å². The number of nitrogens with one attached hydrogen (secondary N) is 1. The second kappa shape index (κ2) is 54.7. The van der Waals surface area contributed by atoms with Crippen LogP contribution in [0, 0.1) is 0 Å². The summed E-state index contributed by atoms with van der Waals surface area (Å²) >= 11 is 0. The van der Waals surface area contributed by atoms with Crippen LogP contribution in [-0.2, 0) is 23.8 Å². The minimum absolute atomic E-state index is 0.129. The highest BCUT2D eigenvalue weighted by atomic mass is 16.7. The smallest absolute Gasteiger partial charge is 0.306 e. The van der Waals surface area contributed by atoms with E-state index in [1.54, 1.807) is 6.08 Å². The van der Waals surface area contributed by atoms with Crippen LogP contribution >= 0.6 is 0 Å². The number of aliphatic hydroxyl groups is 5. The summed E-state index contributed by atoms with van der Waals surface area (Å²) in [6, 6.07) is -1.02. The maximum Gasteiger partial charge on any atom is 0.306 e. The minimum Gasteiger partial charge on any atom is -0.454 e. The maximum absolute atomic E-state index is 13.4. The highest BCUT2D eigenvalue weighted by molar-refractivity contribution is 5.80. The fourth-order valence-corrected chi connectivity index (χ4v) is 10.6. The molecule has 11 nitrogen and oxygen atoms in total. The van der Waals surface area contributed by atoms with Crippen molar-refractivity contribution in [2.45, 2.75) is 372 Å². The molecule has 0 bridgehead atoms. The number of esters is 1. The highest BCUT2D eigenvalue weighted by Gasteiger charge is 2.47. The molecule has 77 heavy (non-hydrogen) atoms. The summed E-state index contributed by atoms with van der Waals surface area (Å²) in [5, 5.41) is 57.0. The molecule has 1 aliphatic heterocycles. The van der Waals surface area contributed by atoms with Gasteiger partial charge in [0.2, 0.25) is 5.91 Å². The standard InChI is InChI=1S/C66H125NO10/c1-4-7-10-13-16-19-22-24-25-26-27-28-29-30-31-32-33-34-35-36-39-42-45-48-51-54-61(71)77-64-63(73)62(72)60(55-68)76-66(64)75-56-57(58(69)52-49-46-43-40-37-21-18-15-12-9-6-3)67-65(74)59(70)53-50-47-44-41-38-23-20-17-14-11-8-5-2/h24-25,49,52,57-60,62-64,66,68-70,72-73H,4-23,26-48,50-51,53-56H2,1-3H3,(H,67,74)/b25-24+,52-49+. The van der Waals surface area contributed by atoms with Crippen LogP contribution in [0.5, 0.6) is 0 Å². The lowest BCUT2D eigenvalue weighted by molar-refractivity contribution is -0.305. The molecule has 0 aromatic carbocycles. The molecule has 11 heteroatoms. The first-order valence-corrected chi connectivity index (χ1v) is 33.1. The molecule has 1 rings (SSSR count). The fourth-order valence-electron chi connectivity index (χ4n) is 10.6. The Morgan fingerprint density at radius 1 is 0.494 bits per heavy atom. The first-order valence-electron chi connectivity index (χ1n) is 33.1. The van der Waals surface area contributed by atoms with Crippen LogP contribution in [0.3, 0.4) is 0 Å². The molecule has 1 heterocycles. The molecule has 0 aliphatic carbocycles. The zero-order chi connectivity index (χ0) is 56.1. The summed E-state index contributed by atoms with van der Waals surface area (Å²) in [6.07, 6.45) is 53.8. The SMILES string of the molecule is CCCCCCCC/C=C/CCCCCCCCCCCCCCCCCC(=O)OC1C(OCC(NC(=O)C(O)CCCCCCCCCCCCCC)C(O)/C=C/CCCCCCCCCCC)OC(CO)C(O)C1O. The van der Waals surface area contributed by atoms with Gasteiger partial charge >= 0.3 is 5.97 Å². The number of carbonyl (C=O) groups excluding carboxylic acids is 2. The molecule has 1 fully saturated rings. The number of unbranched alkanes of at least 4 members (excludes halogenated alkanes) is 41. The van der Waals surface area contributed by atoms with Crippen LogP contribution < -0.4 is 5.32 Å². The largest absolute Gasteiger partial charge is 0.454 e. The van der Waals surface area contributed by atoms with Gasteiger partial charge in [0.05, 0.1) is 25.4 Å². The van der Waals surface area contributed by atoms with Crippen molar-refractivity contribution in [2.24, 2.45) is 0 Å². The van der Waals surface area contributed by atoms with Crippen molar-refractivity contribution in [1.29, 1.82) is 0 Å². The van der Waals surface area contributed by atoms with Crippen LogP contribution in [-0.4, -0.2) is 99.6 Å². The number of carbonyl (C=O) groups is 2. The molecular weight excluding hydrogens is 967 g/mol. The molecule has 0 aromatic rings. The number of rotatable bonds is 57. The Morgan fingerprint density at radius 2 is 0.857 bits per heavy atom. The van der Waals surface area contributed by atoms with Gasteiger partial charge in [-0.05, 0) is 51.4 Å². The number of amides is 1. The molecule has 1 saturated heterocycles. The van der Waals surface area contributed by atoms with E-state index in [0.29, 0.717) is 19.3 Å². The zero-order valence-electron chi connectivity index (χ0n) is 50.4. The van der Waals surface area contributed by atoms with Crippen molar-refractivity contribution >= 4 is 11.9 Å². The number of ether oxygens (including phenoxy) is 3. The average Bonchev–Trinajstić information content (AvgIpc) is 3.43. The number of aliphatic hydroxyl groups excluding tert-OH is 5. The van der Waals surface area contributed by atoms with Crippen LogP contribution in [0.4, 0.5) is 0 Å². The maximum atomic E-state index is 13.4. The van der Waals surface area contributed by atoms with Crippen molar-refractivity contribution in [3.8, 4) is 0 Å². The van der Waals surface area contributed by atoms with Crippen molar-refractivity contribution < 1.29 is 49.3 Å². The third-order valence-corrected chi connectivity index (χ3v) is 15.9. The van der Waals surface area contributed by atoms with Crippen molar-refractivity contribution in [3.05, 3.63) is 24.3 Å². The van der Waals surface area contributed by atoms with Crippen molar-refractivity contribution in [2.75, 3.05) is 13.2 Å². The van der Waals surface area contributed by atoms with Crippen LogP contribution in [0.1, 0.15) is 323 Å². The number of allylic oxidation sites excluding steroid dienone is 3. The molecular formula is C66H125NO10. The van der Waals surface area contributed by atoms with Gasteiger partial charge in [-0.1, -0.05) is 289 Å². The summed E-state index contributed by atoms with van der Waals surface area (Å²) in [6.45, 7) is 5.80. The Bertz CT molecular complexity index is 1350. The summed E-state index contributed by atoms with van der Waals surface area (Å²) in [5.74, 6) is -1.18. The van der Waals surface area contributed by atoms with E-state index in [9.17, 15) is 35.1 Å². The van der Waals surface area contributed by atoms with Crippen molar-refractivity contribution in [3.63, 3.8) is 0 Å². The second-order valence-corrected chi connectivity index (χ2v) is 23.2. The van der Waals surface area contributed by atoms with Gasteiger partial charge in [0, 0.05) is 6.42 Å². The summed E-state index contributed by atoms with van der Waals surface area (Å²) in [4.78, 5) is 26.5. The topological polar surface area (TPSA) is 175 Å². The molecule has 8 unspecified atom stereocenters. The number of hydrogen-bond acceptors (Lipinski definition) is 10. The van der Waals surface area contributed by atoms with E-state index in [1.807, 2.05) is 6.08 Å². The summed E-state index contributed by atoms with van der Waals surface area (Å²) in [5.41, 5.74) is 0. The lowest BCUT2D eigenvalue weighted by Crippen LogP contribution is -2.61. The Balaban J connectivity index is 2.54. The van der Waals surface area contributed by atoms with Gasteiger partial charge in [-0.15, -0.1) is 0 Å². The first kappa shape index (κ1) is 73.2. The third-order valence-electron chi connectivity index (χ3n) is 15.9. The molecule has 1 amide bonds. The zero-order valence-corrected chi connectivity index (χ0v) is 50.4. The highest BCUT2D eigenvalue weighted by Crippen LogP contribution is 2.26. The van der Waals surface area contributed by atoms with Gasteiger partial charge in [0.1, 0.15) is 24.4 Å². The van der Waals surface area contributed by atoms with Crippen LogP contribution in [0.2, 0.25) is 0 Å². The van der Waals surface area contributed by atoms with E-state index < -0.39 is 67.4 Å². The van der Waals surface area contributed by atoms with E-state index in [-0.39, 0.29) is 13.0 Å². The quantitative estimate of drug-likeness (QED) is 0.0195. The fraction of sp³-hybridized carbons (Fsp3) is 0.909. The lowest BCUT2D eigenvalue weighted by atomic mass is 9.99. The predicted octanol–water partition coefficient (Wildman–Crippen LogP) is 16.1. The van der Waals surface area contributed by atoms with E-state index in [4.69, 9.17) is 14.2 Å².